The molecule has 114 valence electrons. The Morgan fingerprint density at radius 1 is 1.38 bits per heavy atom. The lowest BCUT2D eigenvalue weighted by Crippen LogP contribution is -2.41. The molecule has 1 aromatic carbocycles. The first kappa shape index (κ1) is 16.7. The number of aliphatic carboxylic acids is 1. The summed E-state index contributed by atoms with van der Waals surface area (Å²) in [7, 11) is 1.47. The Morgan fingerprint density at radius 3 is 2.57 bits per heavy atom. The number of benzene rings is 1. The average Bonchev–Trinajstić information content (AvgIpc) is 2.49. The van der Waals surface area contributed by atoms with Gasteiger partial charge in [0.1, 0.15) is 18.4 Å². The van der Waals surface area contributed by atoms with Crippen LogP contribution in [0.4, 0.5) is 0 Å². The fourth-order valence-electron chi connectivity index (χ4n) is 1.59. The van der Waals surface area contributed by atoms with Gasteiger partial charge in [0, 0.05) is 25.7 Å². The summed E-state index contributed by atoms with van der Waals surface area (Å²) in [6.07, 6.45) is 1.83. The summed E-state index contributed by atoms with van der Waals surface area (Å²) in [6.45, 7) is 4.17. The standard InChI is InChI=1S/C15H19NO5/c1-3-9-21-12-6-4-11(5-7-12)14(17)16-13(15(18)19)8-10-20-2/h3-7,13H,1,8-10H2,2H3,(H,16,17)(H,18,19). The molecule has 0 radical (unpaired) electrons. The fraction of sp³-hybridized carbons (Fsp3) is 0.333. The monoisotopic (exact) mass is 293 g/mol. The Hall–Kier alpha value is -2.34. The number of rotatable bonds is 9. The van der Waals surface area contributed by atoms with Crippen LogP contribution in [0.15, 0.2) is 36.9 Å². The Morgan fingerprint density at radius 2 is 2.05 bits per heavy atom. The lowest BCUT2D eigenvalue weighted by Gasteiger charge is -2.14. The van der Waals surface area contributed by atoms with Gasteiger partial charge in [-0.15, -0.1) is 0 Å². The molecule has 6 nitrogen and oxygen atoms in total. The van der Waals surface area contributed by atoms with Crippen LogP contribution >= 0.6 is 0 Å². The van der Waals surface area contributed by atoms with E-state index in [-0.39, 0.29) is 13.0 Å². The largest absolute Gasteiger partial charge is 0.490 e. The summed E-state index contributed by atoms with van der Waals surface area (Å²) < 4.78 is 10.1. The molecule has 0 saturated carbocycles. The zero-order valence-electron chi connectivity index (χ0n) is 11.9. The van der Waals surface area contributed by atoms with Crippen LogP contribution in [0.2, 0.25) is 0 Å². The summed E-state index contributed by atoms with van der Waals surface area (Å²) in [4.78, 5) is 23.0. The second kappa shape index (κ2) is 8.76. The van der Waals surface area contributed by atoms with Crippen LogP contribution in [0.3, 0.4) is 0 Å². The average molecular weight is 293 g/mol. The molecule has 0 saturated heterocycles. The third-order valence-electron chi connectivity index (χ3n) is 2.70. The Bertz CT molecular complexity index is 483. The number of carboxylic acids is 1. The molecule has 2 N–H and O–H groups in total. The summed E-state index contributed by atoms with van der Waals surface area (Å²) in [5, 5.41) is 11.5. The van der Waals surface area contributed by atoms with Gasteiger partial charge in [-0.05, 0) is 24.3 Å². The van der Waals surface area contributed by atoms with Crippen LogP contribution in [0.5, 0.6) is 5.75 Å². The second-order valence-corrected chi connectivity index (χ2v) is 4.27. The predicted octanol–water partition coefficient (Wildman–Crippen LogP) is 1.47. The third-order valence-corrected chi connectivity index (χ3v) is 2.70. The van der Waals surface area contributed by atoms with Gasteiger partial charge in [0.05, 0.1) is 0 Å². The van der Waals surface area contributed by atoms with E-state index in [2.05, 4.69) is 11.9 Å². The molecule has 0 bridgehead atoms. The molecule has 1 atom stereocenters. The molecule has 6 heteroatoms. The molecule has 1 aromatic rings. The van der Waals surface area contributed by atoms with Crippen LogP contribution < -0.4 is 10.1 Å². The number of ether oxygens (including phenoxy) is 2. The molecule has 0 aliphatic rings. The van der Waals surface area contributed by atoms with Gasteiger partial charge in [-0.3, -0.25) is 4.79 Å². The first-order chi connectivity index (χ1) is 10.1. The van der Waals surface area contributed by atoms with E-state index in [4.69, 9.17) is 14.6 Å². The highest BCUT2D eigenvalue weighted by atomic mass is 16.5. The minimum Gasteiger partial charge on any atom is -0.490 e. The molecular weight excluding hydrogens is 274 g/mol. The maximum Gasteiger partial charge on any atom is 0.326 e. The normalized spacial score (nSPS) is 11.5. The number of carbonyl (C=O) groups is 2. The van der Waals surface area contributed by atoms with Crippen molar-refractivity contribution in [3.8, 4) is 5.75 Å². The highest BCUT2D eigenvalue weighted by Crippen LogP contribution is 2.12. The number of amides is 1. The quantitative estimate of drug-likeness (QED) is 0.673. The Kier molecular flexibility index (Phi) is 6.97. The second-order valence-electron chi connectivity index (χ2n) is 4.27. The molecule has 0 fully saturated rings. The van der Waals surface area contributed by atoms with Crippen molar-refractivity contribution >= 4 is 11.9 Å². The highest BCUT2D eigenvalue weighted by Gasteiger charge is 2.20. The van der Waals surface area contributed by atoms with Gasteiger partial charge in [-0.25, -0.2) is 4.79 Å². The van der Waals surface area contributed by atoms with Gasteiger partial charge in [0.2, 0.25) is 0 Å². The summed E-state index contributed by atoms with van der Waals surface area (Å²) >= 11 is 0. The SMILES string of the molecule is C=CCOc1ccc(C(=O)NC(CCOC)C(=O)O)cc1. The molecule has 0 aliphatic heterocycles. The van der Waals surface area contributed by atoms with Crippen molar-refractivity contribution in [1.82, 2.24) is 5.32 Å². The van der Waals surface area contributed by atoms with Gasteiger partial charge in [0.25, 0.3) is 5.91 Å². The molecule has 0 aromatic heterocycles. The number of nitrogens with one attached hydrogen (secondary N) is 1. The number of carbonyl (C=O) groups excluding carboxylic acids is 1. The van der Waals surface area contributed by atoms with E-state index in [1.54, 1.807) is 30.3 Å². The number of hydrogen-bond donors (Lipinski definition) is 2. The van der Waals surface area contributed by atoms with Crippen molar-refractivity contribution in [2.45, 2.75) is 12.5 Å². The van der Waals surface area contributed by atoms with Crippen molar-refractivity contribution < 1.29 is 24.2 Å². The third kappa shape index (κ3) is 5.66. The molecule has 1 amide bonds. The first-order valence-electron chi connectivity index (χ1n) is 6.45. The topological polar surface area (TPSA) is 84.9 Å². The lowest BCUT2D eigenvalue weighted by atomic mass is 10.1. The van der Waals surface area contributed by atoms with Gasteiger partial charge in [0.15, 0.2) is 0 Å². The van der Waals surface area contributed by atoms with Crippen molar-refractivity contribution in [2.24, 2.45) is 0 Å². The molecule has 0 spiro atoms. The van der Waals surface area contributed by atoms with Crippen LogP contribution in [-0.4, -0.2) is 43.3 Å². The smallest absolute Gasteiger partial charge is 0.326 e. The molecule has 1 unspecified atom stereocenters. The molecule has 21 heavy (non-hydrogen) atoms. The van der Waals surface area contributed by atoms with Gasteiger partial charge < -0.3 is 19.9 Å². The van der Waals surface area contributed by atoms with Crippen molar-refractivity contribution in [3.05, 3.63) is 42.5 Å². The predicted molar refractivity (Wildman–Crippen MR) is 77.5 cm³/mol. The van der Waals surface area contributed by atoms with Crippen LogP contribution in [-0.2, 0) is 9.53 Å². The van der Waals surface area contributed by atoms with Crippen molar-refractivity contribution in [1.29, 1.82) is 0 Å². The fourth-order valence-corrected chi connectivity index (χ4v) is 1.59. The molecule has 0 heterocycles. The van der Waals surface area contributed by atoms with E-state index >= 15 is 0 Å². The van der Waals surface area contributed by atoms with E-state index in [0.717, 1.165) is 0 Å². The Labute approximate surface area is 123 Å². The minimum absolute atomic E-state index is 0.206. The van der Waals surface area contributed by atoms with Crippen LogP contribution in [0.25, 0.3) is 0 Å². The van der Waals surface area contributed by atoms with Gasteiger partial charge >= 0.3 is 5.97 Å². The van der Waals surface area contributed by atoms with Crippen molar-refractivity contribution in [3.63, 3.8) is 0 Å². The van der Waals surface area contributed by atoms with Crippen molar-refractivity contribution in [2.75, 3.05) is 20.3 Å². The molecular formula is C15H19NO5. The number of methoxy groups -OCH3 is 1. The maximum atomic E-state index is 12.0. The zero-order valence-corrected chi connectivity index (χ0v) is 11.9. The van der Waals surface area contributed by atoms with Gasteiger partial charge in [-0.1, -0.05) is 12.7 Å². The van der Waals surface area contributed by atoms with E-state index in [9.17, 15) is 9.59 Å². The zero-order chi connectivity index (χ0) is 15.7. The Balaban J connectivity index is 2.64. The van der Waals surface area contributed by atoms with Crippen LogP contribution in [0.1, 0.15) is 16.8 Å². The summed E-state index contributed by atoms with van der Waals surface area (Å²) in [5.41, 5.74) is 0.365. The molecule has 0 aliphatic carbocycles. The summed E-state index contributed by atoms with van der Waals surface area (Å²) in [6, 6.07) is 5.45. The van der Waals surface area contributed by atoms with E-state index < -0.39 is 17.9 Å². The van der Waals surface area contributed by atoms with E-state index in [1.165, 1.54) is 7.11 Å². The highest BCUT2D eigenvalue weighted by molar-refractivity contribution is 5.96. The van der Waals surface area contributed by atoms with Gasteiger partial charge in [-0.2, -0.15) is 0 Å². The number of carboxylic acid groups (broad SMARTS) is 1. The molecule has 1 rings (SSSR count). The summed E-state index contributed by atoms with van der Waals surface area (Å²) in [5.74, 6) is -0.930. The number of hydrogen-bond acceptors (Lipinski definition) is 4. The first-order valence-corrected chi connectivity index (χ1v) is 6.45. The van der Waals surface area contributed by atoms with Crippen LogP contribution in [0, 0.1) is 0 Å². The maximum absolute atomic E-state index is 12.0. The minimum atomic E-state index is -1.09. The van der Waals surface area contributed by atoms with E-state index in [1.807, 2.05) is 0 Å². The lowest BCUT2D eigenvalue weighted by molar-refractivity contribution is -0.139. The van der Waals surface area contributed by atoms with E-state index in [0.29, 0.717) is 17.9 Å².